The summed E-state index contributed by atoms with van der Waals surface area (Å²) in [5, 5.41) is 3.08. The molecule has 0 spiro atoms. The number of aldehydes is 1. The molecule has 76 valence electrons. The van der Waals surface area contributed by atoms with E-state index in [1.165, 1.54) is 0 Å². The zero-order valence-electron chi connectivity index (χ0n) is 8.87. The lowest BCUT2D eigenvalue weighted by Gasteiger charge is -2.10. The smallest absolute Gasteiger partial charge is 0.124 e. The van der Waals surface area contributed by atoms with E-state index in [-0.39, 0.29) is 0 Å². The molecule has 0 radical (unpaired) electrons. The summed E-state index contributed by atoms with van der Waals surface area (Å²) < 4.78 is 0. The highest BCUT2D eigenvalue weighted by Crippen LogP contribution is 2.19. The molecule has 0 saturated carbocycles. The summed E-state index contributed by atoms with van der Waals surface area (Å²) in [6.45, 7) is 4.20. The van der Waals surface area contributed by atoms with E-state index in [1.807, 2.05) is 13.1 Å². The van der Waals surface area contributed by atoms with Gasteiger partial charge in [-0.05, 0) is 12.0 Å². The zero-order valence-corrected chi connectivity index (χ0v) is 8.87. The van der Waals surface area contributed by atoms with E-state index in [2.05, 4.69) is 24.1 Å². The maximum atomic E-state index is 10.4. The Morgan fingerprint density at radius 1 is 1.57 bits per heavy atom. The molecule has 0 unspecified atom stereocenters. The number of hydrogen-bond donors (Lipinski definition) is 1. The van der Waals surface area contributed by atoms with Crippen LogP contribution in [0.5, 0.6) is 0 Å². The minimum atomic E-state index is 0.410. The summed E-state index contributed by atoms with van der Waals surface area (Å²) >= 11 is 0. The Hall–Kier alpha value is -1.38. The average molecular weight is 192 g/mol. The molecule has 0 bridgehead atoms. The molecule has 0 saturated heterocycles. The molecule has 0 aliphatic carbocycles. The predicted octanol–water partition coefficient (Wildman–Crippen LogP) is 1.99. The van der Waals surface area contributed by atoms with Gasteiger partial charge in [-0.2, -0.15) is 0 Å². The van der Waals surface area contributed by atoms with Crippen molar-refractivity contribution in [2.45, 2.75) is 26.2 Å². The second-order valence-electron chi connectivity index (χ2n) is 3.54. The maximum absolute atomic E-state index is 10.4. The maximum Gasteiger partial charge on any atom is 0.124 e. The zero-order chi connectivity index (χ0) is 10.6. The molecule has 0 fully saturated rings. The van der Waals surface area contributed by atoms with Crippen molar-refractivity contribution >= 4 is 12.0 Å². The number of anilines is 1. The van der Waals surface area contributed by atoms with Gasteiger partial charge in [-0.3, -0.25) is 4.98 Å². The van der Waals surface area contributed by atoms with Gasteiger partial charge in [0.15, 0.2) is 0 Å². The molecule has 0 amide bonds. The van der Waals surface area contributed by atoms with Gasteiger partial charge in [-0.15, -0.1) is 0 Å². The molecule has 1 rings (SSSR count). The van der Waals surface area contributed by atoms with E-state index in [1.54, 1.807) is 6.20 Å². The normalized spacial score (nSPS) is 10.3. The molecule has 0 atom stereocenters. The Morgan fingerprint density at radius 2 is 2.29 bits per heavy atom. The number of pyridine rings is 1. The Bertz CT molecular complexity index is 321. The first kappa shape index (κ1) is 10.7. The predicted molar refractivity (Wildman–Crippen MR) is 57.6 cm³/mol. The van der Waals surface area contributed by atoms with E-state index >= 15 is 0 Å². The number of hydrogen-bond acceptors (Lipinski definition) is 3. The highest BCUT2D eigenvalue weighted by Gasteiger charge is 2.05. The number of carbonyl (C=O) groups is 1. The number of nitrogens with zero attached hydrogens (tertiary/aromatic N) is 1. The van der Waals surface area contributed by atoms with Gasteiger partial charge >= 0.3 is 0 Å². The van der Waals surface area contributed by atoms with Crippen LogP contribution in [-0.4, -0.2) is 18.3 Å². The molecule has 0 aliphatic heterocycles. The molecule has 0 aromatic carbocycles. The first-order chi connectivity index (χ1) is 6.69. The lowest BCUT2D eigenvalue weighted by molar-refractivity contribution is -0.107. The standard InChI is InChI=1S/C11H16N2O/c1-8(2)10-6-11(12-3)9(4-5-14)7-13-10/h5-8H,4H2,1-3H3,(H,12,13). The molecular weight excluding hydrogens is 176 g/mol. The van der Waals surface area contributed by atoms with Gasteiger partial charge in [-0.25, -0.2) is 0 Å². The van der Waals surface area contributed by atoms with Crippen LogP contribution in [0, 0.1) is 0 Å². The van der Waals surface area contributed by atoms with Gasteiger partial charge in [-0.1, -0.05) is 13.8 Å². The van der Waals surface area contributed by atoms with Gasteiger partial charge in [0.2, 0.25) is 0 Å². The fourth-order valence-corrected chi connectivity index (χ4v) is 1.30. The van der Waals surface area contributed by atoms with Crippen molar-refractivity contribution < 1.29 is 4.79 Å². The van der Waals surface area contributed by atoms with Crippen molar-refractivity contribution in [3.63, 3.8) is 0 Å². The summed E-state index contributed by atoms with van der Waals surface area (Å²) in [6.07, 6.45) is 3.09. The quantitative estimate of drug-likeness (QED) is 0.742. The van der Waals surface area contributed by atoms with Crippen LogP contribution in [0.4, 0.5) is 5.69 Å². The molecule has 0 aliphatic rings. The minimum absolute atomic E-state index is 0.410. The SMILES string of the molecule is CNc1cc(C(C)C)ncc1CC=O. The van der Waals surface area contributed by atoms with Crippen LogP contribution in [0.25, 0.3) is 0 Å². The second-order valence-corrected chi connectivity index (χ2v) is 3.54. The topological polar surface area (TPSA) is 42.0 Å². The Balaban J connectivity index is 3.04. The van der Waals surface area contributed by atoms with Gasteiger partial charge in [0.25, 0.3) is 0 Å². The third-order valence-corrected chi connectivity index (χ3v) is 2.17. The average Bonchev–Trinajstić information content (AvgIpc) is 2.18. The van der Waals surface area contributed by atoms with Crippen molar-refractivity contribution in [1.29, 1.82) is 0 Å². The first-order valence-electron chi connectivity index (χ1n) is 4.79. The fourth-order valence-electron chi connectivity index (χ4n) is 1.30. The van der Waals surface area contributed by atoms with E-state index in [4.69, 9.17) is 0 Å². The van der Waals surface area contributed by atoms with E-state index < -0.39 is 0 Å². The molecule has 14 heavy (non-hydrogen) atoms. The van der Waals surface area contributed by atoms with Crippen molar-refractivity contribution in [2.75, 3.05) is 12.4 Å². The Kier molecular flexibility index (Phi) is 3.63. The van der Waals surface area contributed by atoms with Gasteiger partial charge < -0.3 is 10.1 Å². The highest BCUT2D eigenvalue weighted by atomic mass is 16.1. The van der Waals surface area contributed by atoms with Gasteiger partial charge in [0.1, 0.15) is 6.29 Å². The third-order valence-electron chi connectivity index (χ3n) is 2.17. The Morgan fingerprint density at radius 3 is 2.79 bits per heavy atom. The molecule has 3 nitrogen and oxygen atoms in total. The summed E-state index contributed by atoms with van der Waals surface area (Å²) in [5.74, 6) is 0.410. The molecule has 1 aromatic rings. The van der Waals surface area contributed by atoms with E-state index in [9.17, 15) is 4.79 Å². The van der Waals surface area contributed by atoms with Crippen molar-refractivity contribution in [3.05, 3.63) is 23.5 Å². The van der Waals surface area contributed by atoms with Crippen LogP contribution in [-0.2, 0) is 11.2 Å². The highest BCUT2D eigenvalue weighted by molar-refractivity contribution is 5.62. The summed E-state index contributed by atoms with van der Waals surface area (Å²) in [6, 6.07) is 2.00. The number of rotatable bonds is 4. The second kappa shape index (κ2) is 4.74. The van der Waals surface area contributed by atoms with Gasteiger partial charge in [0.05, 0.1) is 0 Å². The molecule has 1 N–H and O–H groups in total. The lowest BCUT2D eigenvalue weighted by Crippen LogP contribution is -2.01. The van der Waals surface area contributed by atoms with Crippen molar-refractivity contribution in [3.8, 4) is 0 Å². The van der Waals surface area contributed by atoms with E-state index in [0.29, 0.717) is 12.3 Å². The van der Waals surface area contributed by atoms with Crippen LogP contribution in [0.2, 0.25) is 0 Å². The fraction of sp³-hybridized carbons (Fsp3) is 0.455. The number of aromatic nitrogens is 1. The molecule has 3 heteroatoms. The van der Waals surface area contributed by atoms with Crippen LogP contribution < -0.4 is 5.32 Å². The van der Waals surface area contributed by atoms with Crippen LogP contribution in [0.1, 0.15) is 31.0 Å². The monoisotopic (exact) mass is 192 g/mol. The summed E-state index contributed by atoms with van der Waals surface area (Å²) in [7, 11) is 1.85. The van der Waals surface area contributed by atoms with Gasteiger partial charge in [0, 0.05) is 36.6 Å². The number of carbonyl (C=O) groups excluding carboxylic acids is 1. The van der Waals surface area contributed by atoms with Crippen LogP contribution in [0.15, 0.2) is 12.3 Å². The first-order valence-corrected chi connectivity index (χ1v) is 4.79. The molecular formula is C11H16N2O. The molecule has 1 heterocycles. The minimum Gasteiger partial charge on any atom is -0.388 e. The van der Waals surface area contributed by atoms with Crippen molar-refractivity contribution in [1.82, 2.24) is 4.98 Å². The van der Waals surface area contributed by atoms with Crippen LogP contribution in [0.3, 0.4) is 0 Å². The largest absolute Gasteiger partial charge is 0.388 e. The van der Waals surface area contributed by atoms with E-state index in [0.717, 1.165) is 23.2 Å². The number of nitrogens with one attached hydrogen (secondary N) is 1. The third kappa shape index (κ3) is 2.31. The Labute approximate surface area is 84.6 Å². The summed E-state index contributed by atoms with van der Waals surface area (Å²) in [4.78, 5) is 14.7. The van der Waals surface area contributed by atoms with Crippen LogP contribution >= 0.6 is 0 Å². The summed E-state index contributed by atoms with van der Waals surface area (Å²) in [5.41, 5.74) is 2.99. The van der Waals surface area contributed by atoms with Crippen molar-refractivity contribution in [2.24, 2.45) is 0 Å². The lowest BCUT2D eigenvalue weighted by atomic mass is 10.1. The molecule has 1 aromatic heterocycles.